The summed E-state index contributed by atoms with van der Waals surface area (Å²) in [6.07, 6.45) is 2.75. The summed E-state index contributed by atoms with van der Waals surface area (Å²) in [6, 6.07) is 15.3. The molecule has 0 aliphatic rings. The topological polar surface area (TPSA) is 90.3 Å². The smallest absolute Gasteiger partial charge is 0.280 e. The molecule has 0 radical (unpaired) electrons. The molecule has 0 fully saturated rings. The van der Waals surface area contributed by atoms with Crippen molar-refractivity contribution in [3.05, 3.63) is 66.5 Å². The Hall–Kier alpha value is -3.13. The Morgan fingerprint density at radius 1 is 1.08 bits per heavy atom. The molecule has 0 saturated heterocycles. The highest BCUT2D eigenvalue weighted by atomic mass is 32.2. The molecule has 26 heavy (non-hydrogen) atoms. The highest BCUT2D eigenvalue weighted by Crippen LogP contribution is 2.21. The summed E-state index contributed by atoms with van der Waals surface area (Å²) < 4.78 is 29.8. The first-order chi connectivity index (χ1) is 12.4. The van der Waals surface area contributed by atoms with Crippen LogP contribution >= 0.6 is 0 Å². The second-order valence-electron chi connectivity index (χ2n) is 5.58. The molecule has 8 heteroatoms. The van der Waals surface area contributed by atoms with E-state index in [-0.39, 0.29) is 10.6 Å². The van der Waals surface area contributed by atoms with Crippen molar-refractivity contribution in [1.82, 2.24) is 9.78 Å². The first kappa shape index (κ1) is 17.7. The number of rotatable bonds is 5. The number of aromatic nitrogens is 2. The Balaban J connectivity index is 1.85. The predicted octanol–water partition coefficient (Wildman–Crippen LogP) is 2.54. The van der Waals surface area contributed by atoms with Gasteiger partial charge in [0.1, 0.15) is 0 Å². The summed E-state index contributed by atoms with van der Waals surface area (Å²) in [5, 5.41) is 6.97. The zero-order chi connectivity index (χ0) is 18.7. The minimum atomic E-state index is -3.29. The molecule has 3 aromatic rings. The van der Waals surface area contributed by atoms with Gasteiger partial charge in [-0.05, 0) is 36.4 Å². The number of sulfone groups is 1. The van der Waals surface area contributed by atoms with Crippen LogP contribution in [0.2, 0.25) is 0 Å². The molecule has 2 aromatic carbocycles. The largest absolute Gasteiger partial charge is 0.493 e. The number of ether oxygens (including phenoxy) is 1. The van der Waals surface area contributed by atoms with E-state index in [9.17, 15) is 13.2 Å². The molecule has 0 aliphatic carbocycles. The average molecular weight is 371 g/mol. The van der Waals surface area contributed by atoms with Crippen LogP contribution in [-0.4, -0.2) is 37.5 Å². The van der Waals surface area contributed by atoms with E-state index in [1.165, 1.54) is 31.4 Å². The maximum Gasteiger partial charge on any atom is 0.280 e. The van der Waals surface area contributed by atoms with Crippen molar-refractivity contribution < 1.29 is 17.9 Å². The van der Waals surface area contributed by atoms with Crippen LogP contribution in [0.3, 0.4) is 0 Å². The highest BCUT2D eigenvalue weighted by Gasteiger charge is 2.19. The van der Waals surface area contributed by atoms with E-state index in [0.29, 0.717) is 11.4 Å². The lowest BCUT2D eigenvalue weighted by Crippen LogP contribution is -2.14. The minimum absolute atomic E-state index is 0.128. The van der Waals surface area contributed by atoms with E-state index in [1.807, 2.05) is 30.3 Å². The van der Waals surface area contributed by atoms with Crippen molar-refractivity contribution >= 4 is 21.4 Å². The molecule has 1 heterocycles. The number of anilines is 1. The summed E-state index contributed by atoms with van der Waals surface area (Å²) in [6.45, 7) is 0. The molecule has 0 aliphatic heterocycles. The number of carbonyl (C=O) groups is 1. The van der Waals surface area contributed by atoms with E-state index >= 15 is 0 Å². The molecule has 1 amide bonds. The molecule has 1 aromatic heterocycles. The highest BCUT2D eigenvalue weighted by molar-refractivity contribution is 7.90. The Morgan fingerprint density at radius 2 is 1.73 bits per heavy atom. The van der Waals surface area contributed by atoms with Crippen molar-refractivity contribution in [3.8, 4) is 11.4 Å². The van der Waals surface area contributed by atoms with Gasteiger partial charge in [0, 0.05) is 11.9 Å². The van der Waals surface area contributed by atoms with Gasteiger partial charge in [-0.25, -0.2) is 13.1 Å². The molecular weight excluding hydrogens is 354 g/mol. The lowest BCUT2D eigenvalue weighted by molar-refractivity contribution is 0.101. The zero-order valence-corrected chi connectivity index (χ0v) is 15.0. The fraction of sp³-hybridized carbons (Fsp3) is 0.111. The van der Waals surface area contributed by atoms with E-state index in [4.69, 9.17) is 4.74 Å². The van der Waals surface area contributed by atoms with E-state index < -0.39 is 15.7 Å². The Morgan fingerprint density at radius 3 is 2.31 bits per heavy atom. The SMILES string of the molecule is COc1cn(-c2ccccc2)nc1C(=O)Nc1ccc(S(C)(=O)=O)cc1. The third-order valence-corrected chi connectivity index (χ3v) is 4.81. The van der Waals surface area contributed by atoms with Crippen LogP contribution in [0, 0.1) is 0 Å². The molecule has 0 bridgehead atoms. The van der Waals surface area contributed by atoms with Crippen molar-refractivity contribution in [1.29, 1.82) is 0 Å². The van der Waals surface area contributed by atoms with E-state index in [2.05, 4.69) is 10.4 Å². The minimum Gasteiger partial charge on any atom is -0.493 e. The van der Waals surface area contributed by atoms with Crippen molar-refractivity contribution in [2.75, 3.05) is 18.7 Å². The molecule has 0 spiro atoms. The normalized spacial score (nSPS) is 11.2. The molecule has 0 saturated carbocycles. The van der Waals surface area contributed by atoms with Crippen LogP contribution in [0.25, 0.3) is 5.69 Å². The number of nitrogens with one attached hydrogen (secondary N) is 1. The second kappa shape index (κ2) is 7.01. The molecule has 0 atom stereocenters. The van der Waals surface area contributed by atoms with Crippen LogP contribution < -0.4 is 10.1 Å². The fourth-order valence-corrected chi connectivity index (χ4v) is 2.98. The average Bonchev–Trinajstić information content (AvgIpc) is 3.07. The number of benzene rings is 2. The summed E-state index contributed by atoms with van der Waals surface area (Å²) >= 11 is 0. The quantitative estimate of drug-likeness (QED) is 0.744. The van der Waals surface area contributed by atoms with Gasteiger partial charge >= 0.3 is 0 Å². The molecule has 7 nitrogen and oxygen atoms in total. The Bertz CT molecular complexity index is 1030. The maximum absolute atomic E-state index is 12.5. The molecular formula is C18H17N3O4S. The monoisotopic (exact) mass is 371 g/mol. The lowest BCUT2D eigenvalue weighted by atomic mass is 10.3. The number of hydrogen-bond donors (Lipinski definition) is 1. The zero-order valence-electron chi connectivity index (χ0n) is 14.2. The van der Waals surface area contributed by atoms with Gasteiger partial charge in [0.25, 0.3) is 5.91 Å². The van der Waals surface area contributed by atoms with Gasteiger partial charge in [0.15, 0.2) is 21.3 Å². The Kier molecular flexibility index (Phi) is 4.77. The van der Waals surface area contributed by atoms with Crippen LogP contribution in [-0.2, 0) is 9.84 Å². The van der Waals surface area contributed by atoms with Crippen LogP contribution in [0.1, 0.15) is 10.5 Å². The second-order valence-corrected chi connectivity index (χ2v) is 7.59. The Labute approximate surface area is 151 Å². The van der Waals surface area contributed by atoms with Gasteiger partial charge in [0.05, 0.1) is 23.9 Å². The number of hydrogen-bond acceptors (Lipinski definition) is 5. The van der Waals surface area contributed by atoms with Crippen LogP contribution in [0.15, 0.2) is 65.7 Å². The first-order valence-electron chi connectivity index (χ1n) is 7.69. The molecule has 134 valence electrons. The van der Waals surface area contributed by atoms with Gasteiger partial charge in [0.2, 0.25) is 0 Å². The van der Waals surface area contributed by atoms with E-state index in [0.717, 1.165) is 11.9 Å². The fourth-order valence-electron chi connectivity index (χ4n) is 2.35. The summed E-state index contributed by atoms with van der Waals surface area (Å²) in [5.41, 5.74) is 1.38. The van der Waals surface area contributed by atoms with Gasteiger partial charge in [-0.1, -0.05) is 18.2 Å². The molecule has 1 N–H and O–H groups in total. The van der Waals surface area contributed by atoms with Gasteiger partial charge in [-0.2, -0.15) is 5.10 Å². The number of carbonyl (C=O) groups excluding carboxylic acids is 1. The van der Waals surface area contributed by atoms with Gasteiger partial charge in [-0.15, -0.1) is 0 Å². The lowest BCUT2D eigenvalue weighted by Gasteiger charge is -2.05. The van der Waals surface area contributed by atoms with E-state index in [1.54, 1.807) is 10.9 Å². The number of nitrogens with zero attached hydrogens (tertiary/aromatic N) is 2. The number of methoxy groups -OCH3 is 1. The predicted molar refractivity (Wildman–Crippen MR) is 97.6 cm³/mol. The number of para-hydroxylation sites is 1. The first-order valence-corrected chi connectivity index (χ1v) is 9.58. The molecule has 3 rings (SSSR count). The summed E-state index contributed by atoms with van der Waals surface area (Å²) in [7, 11) is -1.82. The third-order valence-electron chi connectivity index (χ3n) is 3.68. The third kappa shape index (κ3) is 3.75. The van der Waals surface area contributed by atoms with Crippen LogP contribution in [0.5, 0.6) is 5.75 Å². The van der Waals surface area contributed by atoms with Crippen molar-refractivity contribution in [3.63, 3.8) is 0 Å². The number of amides is 1. The maximum atomic E-state index is 12.5. The summed E-state index contributed by atoms with van der Waals surface area (Å²) in [4.78, 5) is 12.7. The molecule has 0 unspecified atom stereocenters. The van der Waals surface area contributed by atoms with Gasteiger partial charge in [-0.3, -0.25) is 4.79 Å². The van der Waals surface area contributed by atoms with Crippen molar-refractivity contribution in [2.24, 2.45) is 0 Å². The van der Waals surface area contributed by atoms with Crippen LogP contribution in [0.4, 0.5) is 5.69 Å². The standard InChI is InChI=1S/C18H17N3O4S/c1-25-16-12-21(14-6-4-3-5-7-14)20-17(16)18(22)19-13-8-10-15(11-9-13)26(2,23)24/h3-12H,1-2H3,(H,19,22). The summed E-state index contributed by atoms with van der Waals surface area (Å²) in [5.74, 6) is -0.122. The van der Waals surface area contributed by atoms with Crippen molar-refractivity contribution in [2.45, 2.75) is 4.90 Å². The van der Waals surface area contributed by atoms with Gasteiger partial charge < -0.3 is 10.1 Å².